The molecule has 14 heavy (non-hydrogen) atoms. The maximum absolute atomic E-state index is 12.7. The standard InChI is InChI=1S/C9H13F2NO2/c1-7(8(13)14)2-4-12-5-3-9(10,11)6-12/h2H,3-6H2,1H3,(H,13,14)/b7-2+. The summed E-state index contributed by atoms with van der Waals surface area (Å²) in [5.74, 6) is -3.61. The minimum atomic E-state index is -2.61. The fraction of sp³-hybridized carbons (Fsp3) is 0.667. The number of hydrogen-bond acceptors (Lipinski definition) is 2. The second kappa shape index (κ2) is 4.04. The lowest BCUT2D eigenvalue weighted by Gasteiger charge is -2.12. The lowest BCUT2D eigenvalue weighted by atomic mass is 10.3. The van der Waals surface area contributed by atoms with Crippen molar-refractivity contribution in [3.05, 3.63) is 11.6 Å². The van der Waals surface area contributed by atoms with E-state index in [1.807, 2.05) is 0 Å². The zero-order valence-corrected chi connectivity index (χ0v) is 7.96. The normalized spacial score (nSPS) is 22.6. The summed E-state index contributed by atoms with van der Waals surface area (Å²) in [6.07, 6.45) is 1.33. The molecular formula is C9H13F2NO2. The average molecular weight is 205 g/mol. The molecule has 1 rings (SSSR count). The van der Waals surface area contributed by atoms with Crippen LogP contribution in [0.1, 0.15) is 13.3 Å². The van der Waals surface area contributed by atoms with Gasteiger partial charge in [-0.05, 0) is 6.92 Å². The maximum atomic E-state index is 12.7. The molecule has 1 heterocycles. The van der Waals surface area contributed by atoms with Crippen molar-refractivity contribution in [2.45, 2.75) is 19.3 Å². The molecule has 80 valence electrons. The number of carboxylic acid groups (broad SMARTS) is 1. The number of carboxylic acids is 1. The molecule has 0 spiro atoms. The Morgan fingerprint density at radius 3 is 2.71 bits per heavy atom. The Kier molecular flexibility index (Phi) is 3.21. The Morgan fingerprint density at radius 1 is 1.64 bits per heavy atom. The summed E-state index contributed by atoms with van der Waals surface area (Å²) in [5, 5.41) is 8.52. The van der Waals surface area contributed by atoms with Crippen LogP contribution in [0, 0.1) is 0 Å². The number of aliphatic carboxylic acids is 1. The number of halogens is 2. The lowest BCUT2D eigenvalue weighted by Crippen LogP contribution is -2.25. The van der Waals surface area contributed by atoms with E-state index in [9.17, 15) is 13.6 Å². The Balaban J connectivity index is 2.41. The smallest absolute Gasteiger partial charge is 0.330 e. The van der Waals surface area contributed by atoms with Gasteiger partial charge in [-0.25, -0.2) is 13.6 Å². The van der Waals surface area contributed by atoms with Crippen molar-refractivity contribution in [2.24, 2.45) is 0 Å². The van der Waals surface area contributed by atoms with Crippen LogP contribution in [0.15, 0.2) is 11.6 Å². The van der Waals surface area contributed by atoms with Gasteiger partial charge in [-0.15, -0.1) is 0 Å². The van der Waals surface area contributed by atoms with Crippen LogP contribution in [0.5, 0.6) is 0 Å². The van der Waals surface area contributed by atoms with Gasteiger partial charge in [0.25, 0.3) is 5.92 Å². The Bertz CT molecular complexity index is 264. The number of hydrogen-bond donors (Lipinski definition) is 1. The highest BCUT2D eigenvalue weighted by Crippen LogP contribution is 2.26. The monoisotopic (exact) mass is 205 g/mol. The van der Waals surface area contributed by atoms with E-state index >= 15 is 0 Å². The molecule has 0 aliphatic carbocycles. The number of nitrogens with zero attached hydrogens (tertiary/aromatic N) is 1. The van der Waals surface area contributed by atoms with Crippen LogP contribution in [-0.2, 0) is 4.79 Å². The molecule has 1 saturated heterocycles. The van der Waals surface area contributed by atoms with Gasteiger partial charge in [0.05, 0.1) is 6.54 Å². The van der Waals surface area contributed by atoms with E-state index in [0.717, 1.165) is 0 Å². The summed E-state index contributed by atoms with van der Waals surface area (Å²) in [6, 6.07) is 0. The van der Waals surface area contributed by atoms with Crippen molar-refractivity contribution < 1.29 is 18.7 Å². The molecule has 0 aromatic rings. The van der Waals surface area contributed by atoms with Gasteiger partial charge in [-0.2, -0.15) is 0 Å². The summed E-state index contributed by atoms with van der Waals surface area (Å²) in [7, 11) is 0. The Hall–Kier alpha value is -0.970. The zero-order valence-electron chi connectivity index (χ0n) is 7.96. The summed E-state index contributed by atoms with van der Waals surface area (Å²) in [6.45, 7) is 1.80. The molecule has 3 nitrogen and oxygen atoms in total. The van der Waals surface area contributed by atoms with Gasteiger partial charge in [-0.3, -0.25) is 4.90 Å². The SMILES string of the molecule is C/C(=C\CN1CCC(F)(F)C1)C(=O)O. The highest BCUT2D eigenvalue weighted by atomic mass is 19.3. The third-order valence-corrected chi connectivity index (χ3v) is 2.24. The molecule has 5 heteroatoms. The maximum Gasteiger partial charge on any atom is 0.330 e. The molecular weight excluding hydrogens is 192 g/mol. The first-order valence-electron chi connectivity index (χ1n) is 4.41. The van der Waals surface area contributed by atoms with Crippen molar-refractivity contribution in [3.8, 4) is 0 Å². The summed E-state index contributed by atoms with van der Waals surface area (Å²) in [4.78, 5) is 11.9. The van der Waals surface area contributed by atoms with E-state index in [2.05, 4.69) is 0 Å². The topological polar surface area (TPSA) is 40.5 Å². The number of carbonyl (C=O) groups is 1. The second-order valence-corrected chi connectivity index (χ2v) is 3.53. The highest BCUT2D eigenvalue weighted by molar-refractivity contribution is 5.85. The fourth-order valence-corrected chi connectivity index (χ4v) is 1.32. The number of alkyl halides is 2. The molecule has 0 radical (unpaired) electrons. The van der Waals surface area contributed by atoms with Gasteiger partial charge in [0.15, 0.2) is 0 Å². The predicted molar refractivity (Wildman–Crippen MR) is 47.4 cm³/mol. The van der Waals surface area contributed by atoms with Gasteiger partial charge >= 0.3 is 5.97 Å². The summed E-state index contributed by atoms with van der Waals surface area (Å²) >= 11 is 0. The molecule has 1 N–H and O–H groups in total. The Labute approximate surface area is 81.0 Å². The molecule has 0 aromatic carbocycles. The van der Waals surface area contributed by atoms with Gasteiger partial charge in [0.2, 0.25) is 0 Å². The third kappa shape index (κ3) is 3.06. The van der Waals surface area contributed by atoms with E-state index in [-0.39, 0.29) is 25.1 Å². The third-order valence-electron chi connectivity index (χ3n) is 2.24. The van der Waals surface area contributed by atoms with Crippen molar-refractivity contribution >= 4 is 5.97 Å². The molecule has 1 fully saturated rings. The Morgan fingerprint density at radius 2 is 2.29 bits per heavy atom. The minimum Gasteiger partial charge on any atom is -0.478 e. The first-order chi connectivity index (χ1) is 6.41. The highest BCUT2D eigenvalue weighted by Gasteiger charge is 2.37. The summed E-state index contributed by atoms with van der Waals surface area (Å²) < 4.78 is 25.4. The van der Waals surface area contributed by atoms with E-state index < -0.39 is 11.9 Å². The summed E-state index contributed by atoms with van der Waals surface area (Å²) in [5.41, 5.74) is 0.195. The van der Waals surface area contributed by atoms with Crippen molar-refractivity contribution in [1.29, 1.82) is 0 Å². The molecule has 0 unspecified atom stereocenters. The number of rotatable bonds is 3. The van der Waals surface area contributed by atoms with Crippen molar-refractivity contribution in [3.63, 3.8) is 0 Å². The first kappa shape index (κ1) is 11.1. The van der Waals surface area contributed by atoms with Crippen LogP contribution in [0.3, 0.4) is 0 Å². The fourth-order valence-electron chi connectivity index (χ4n) is 1.32. The van der Waals surface area contributed by atoms with Crippen molar-refractivity contribution in [2.75, 3.05) is 19.6 Å². The van der Waals surface area contributed by atoms with Crippen LogP contribution < -0.4 is 0 Å². The van der Waals surface area contributed by atoms with Gasteiger partial charge in [0, 0.05) is 25.1 Å². The molecule has 0 saturated carbocycles. The molecule has 0 amide bonds. The van der Waals surface area contributed by atoms with Gasteiger partial charge < -0.3 is 5.11 Å². The van der Waals surface area contributed by atoms with Gasteiger partial charge in [0.1, 0.15) is 0 Å². The second-order valence-electron chi connectivity index (χ2n) is 3.53. The minimum absolute atomic E-state index is 0.132. The molecule has 1 aliphatic heterocycles. The molecule has 0 atom stereocenters. The quantitative estimate of drug-likeness (QED) is 0.707. The molecule has 0 bridgehead atoms. The van der Waals surface area contributed by atoms with Crippen LogP contribution >= 0.6 is 0 Å². The van der Waals surface area contributed by atoms with Crippen LogP contribution in [0.25, 0.3) is 0 Å². The van der Waals surface area contributed by atoms with E-state index in [1.165, 1.54) is 13.0 Å². The van der Waals surface area contributed by atoms with E-state index in [4.69, 9.17) is 5.11 Å². The van der Waals surface area contributed by atoms with E-state index in [0.29, 0.717) is 6.54 Å². The van der Waals surface area contributed by atoms with E-state index in [1.54, 1.807) is 4.90 Å². The predicted octanol–water partition coefficient (Wildman–Crippen LogP) is 1.36. The van der Waals surface area contributed by atoms with Crippen LogP contribution in [-0.4, -0.2) is 41.5 Å². The average Bonchev–Trinajstić information content (AvgIpc) is 2.41. The molecule has 0 aromatic heterocycles. The zero-order chi connectivity index (χ0) is 10.8. The van der Waals surface area contributed by atoms with Gasteiger partial charge in [-0.1, -0.05) is 6.08 Å². The van der Waals surface area contributed by atoms with Crippen LogP contribution in [0.2, 0.25) is 0 Å². The number of likely N-dealkylation sites (tertiary alicyclic amines) is 1. The van der Waals surface area contributed by atoms with Crippen molar-refractivity contribution in [1.82, 2.24) is 4.90 Å². The first-order valence-corrected chi connectivity index (χ1v) is 4.41. The molecule has 1 aliphatic rings. The van der Waals surface area contributed by atoms with Crippen LogP contribution in [0.4, 0.5) is 8.78 Å². The lowest BCUT2D eigenvalue weighted by molar-refractivity contribution is -0.132. The largest absolute Gasteiger partial charge is 0.478 e.